The van der Waals surface area contributed by atoms with Gasteiger partial charge in [-0.2, -0.15) is 0 Å². The average molecular weight is 583 g/mol. The number of pyridine rings is 2. The SMILES string of the molecule is FC(c1ccc2c3ccccc3n3ccnc3c2c1)c1cc2c(c3ccccc3n2-c2ccccn2)c2c1oc1ccccc12. The molecule has 0 radical (unpaired) electrons. The fourth-order valence-electron chi connectivity index (χ4n) is 7.22. The van der Waals surface area contributed by atoms with Gasteiger partial charge in [0.2, 0.25) is 0 Å². The molecule has 212 valence electrons. The first kappa shape index (κ1) is 24.4. The van der Waals surface area contributed by atoms with Crippen molar-refractivity contribution in [2.45, 2.75) is 6.17 Å². The number of nitrogens with zero attached hydrogens (tertiary/aromatic N) is 4. The number of hydrogen-bond acceptors (Lipinski definition) is 3. The number of benzene rings is 5. The zero-order valence-electron chi connectivity index (χ0n) is 23.9. The molecule has 0 bridgehead atoms. The van der Waals surface area contributed by atoms with Gasteiger partial charge in [-0.1, -0.05) is 72.8 Å². The van der Waals surface area contributed by atoms with E-state index in [1.165, 1.54) is 0 Å². The number of fused-ring (bicyclic) bond motifs is 13. The van der Waals surface area contributed by atoms with Crippen LogP contribution in [0.1, 0.15) is 17.3 Å². The summed E-state index contributed by atoms with van der Waals surface area (Å²) in [7, 11) is 0. The number of furan rings is 1. The number of halogens is 1. The largest absolute Gasteiger partial charge is 0.456 e. The summed E-state index contributed by atoms with van der Waals surface area (Å²) < 4.78 is 28.0. The summed E-state index contributed by atoms with van der Waals surface area (Å²) in [6.07, 6.45) is 4.08. The summed E-state index contributed by atoms with van der Waals surface area (Å²) in [6.45, 7) is 0. The predicted octanol–water partition coefficient (Wildman–Crippen LogP) is 10.1. The Bertz CT molecular complexity index is 2790. The molecule has 5 heterocycles. The van der Waals surface area contributed by atoms with Gasteiger partial charge in [-0.15, -0.1) is 0 Å². The molecular formula is C39H23FN4O. The molecule has 1 unspecified atom stereocenters. The second-order valence-electron chi connectivity index (χ2n) is 11.5. The highest BCUT2D eigenvalue weighted by molar-refractivity contribution is 6.28. The molecule has 10 aromatic rings. The van der Waals surface area contributed by atoms with E-state index in [9.17, 15) is 0 Å². The average Bonchev–Trinajstić information content (AvgIpc) is 3.82. The second kappa shape index (κ2) is 9.00. The van der Waals surface area contributed by atoms with Gasteiger partial charge in [0.1, 0.15) is 22.6 Å². The van der Waals surface area contributed by atoms with Crippen molar-refractivity contribution < 1.29 is 8.81 Å². The maximum absolute atomic E-state index is 17.3. The van der Waals surface area contributed by atoms with Crippen LogP contribution in [0.15, 0.2) is 138 Å². The highest BCUT2D eigenvalue weighted by atomic mass is 19.1. The third-order valence-electron chi connectivity index (χ3n) is 9.13. The summed E-state index contributed by atoms with van der Waals surface area (Å²) in [5, 5.41) is 7.00. The van der Waals surface area contributed by atoms with Crippen LogP contribution in [0, 0.1) is 0 Å². The van der Waals surface area contributed by atoms with Crippen LogP contribution in [0.5, 0.6) is 0 Å². The number of para-hydroxylation sites is 3. The van der Waals surface area contributed by atoms with E-state index in [2.05, 4.69) is 44.3 Å². The molecular weight excluding hydrogens is 559 g/mol. The number of hydrogen-bond donors (Lipinski definition) is 0. The third kappa shape index (κ3) is 3.31. The number of alkyl halides is 1. The normalized spacial score (nSPS) is 12.9. The lowest BCUT2D eigenvalue weighted by Gasteiger charge is -2.14. The molecule has 0 aliphatic rings. The van der Waals surface area contributed by atoms with Crippen molar-refractivity contribution in [3.63, 3.8) is 0 Å². The van der Waals surface area contributed by atoms with Gasteiger partial charge in [0.25, 0.3) is 0 Å². The molecule has 10 rings (SSSR count). The lowest BCUT2D eigenvalue weighted by atomic mass is 9.95. The molecule has 0 saturated heterocycles. The van der Waals surface area contributed by atoms with Crippen LogP contribution in [-0.2, 0) is 0 Å². The summed E-state index contributed by atoms with van der Waals surface area (Å²) >= 11 is 0. The summed E-state index contributed by atoms with van der Waals surface area (Å²) in [5.41, 5.74) is 6.07. The van der Waals surface area contributed by atoms with Crippen molar-refractivity contribution >= 4 is 71.1 Å². The molecule has 0 spiro atoms. The molecule has 45 heavy (non-hydrogen) atoms. The van der Waals surface area contributed by atoms with E-state index < -0.39 is 6.17 Å². The molecule has 1 atom stereocenters. The van der Waals surface area contributed by atoms with Gasteiger partial charge >= 0.3 is 0 Å². The summed E-state index contributed by atoms with van der Waals surface area (Å²) in [6, 6.07) is 38.2. The highest BCUT2D eigenvalue weighted by Crippen LogP contribution is 2.46. The number of imidazole rings is 1. The van der Waals surface area contributed by atoms with E-state index >= 15 is 4.39 Å². The van der Waals surface area contributed by atoms with Crippen molar-refractivity contribution in [1.29, 1.82) is 0 Å². The highest BCUT2D eigenvalue weighted by Gasteiger charge is 2.26. The van der Waals surface area contributed by atoms with Crippen LogP contribution in [0.2, 0.25) is 0 Å². The number of aromatic nitrogens is 4. The Morgan fingerprint density at radius 1 is 0.600 bits per heavy atom. The first-order valence-corrected chi connectivity index (χ1v) is 15.0. The van der Waals surface area contributed by atoms with Crippen LogP contribution >= 0.6 is 0 Å². The molecule has 0 aliphatic carbocycles. The van der Waals surface area contributed by atoms with Crippen molar-refractivity contribution in [3.05, 3.63) is 145 Å². The van der Waals surface area contributed by atoms with Crippen LogP contribution < -0.4 is 0 Å². The Kier molecular flexibility index (Phi) is 4.89. The van der Waals surface area contributed by atoms with E-state index in [0.29, 0.717) is 16.7 Å². The first-order chi connectivity index (χ1) is 22.3. The van der Waals surface area contributed by atoms with E-state index in [0.717, 1.165) is 71.3 Å². The van der Waals surface area contributed by atoms with E-state index in [4.69, 9.17) is 9.40 Å². The van der Waals surface area contributed by atoms with Gasteiger partial charge in [0.05, 0.1) is 16.6 Å². The quantitative estimate of drug-likeness (QED) is 0.195. The zero-order valence-corrected chi connectivity index (χ0v) is 23.9. The molecule has 0 amide bonds. The lowest BCUT2D eigenvalue weighted by Crippen LogP contribution is -2.00. The zero-order chi connectivity index (χ0) is 29.6. The molecule has 6 heteroatoms. The molecule has 5 aromatic heterocycles. The van der Waals surface area contributed by atoms with Crippen LogP contribution in [0.3, 0.4) is 0 Å². The lowest BCUT2D eigenvalue weighted by molar-refractivity contribution is 0.401. The van der Waals surface area contributed by atoms with Crippen molar-refractivity contribution in [3.8, 4) is 5.82 Å². The van der Waals surface area contributed by atoms with E-state index in [1.54, 1.807) is 12.4 Å². The molecule has 5 aromatic carbocycles. The van der Waals surface area contributed by atoms with Crippen molar-refractivity contribution in [2.24, 2.45) is 0 Å². The fourth-order valence-corrected chi connectivity index (χ4v) is 7.22. The van der Waals surface area contributed by atoms with Gasteiger partial charge in [0, 0.05) is 56.5 Å². The van der Waals surface area contributed by atoms with E-state index in [-0.39, 0.29) is 0 Å². The Morgan fingerprint density at radius 2 is 1.38 bits per heavy atom. The first-order valence-electron chi connectivity index (χ1n) is 15.0. The Morgan fingerprint density at radius 3 is 2.24 bits per heavy atom. The maximum atomic E-state index is 17.3. The van der Waals surface area contributed by atoms with Gasteiger partial charge in [-0.05, 0) is 53.4 Å². The second-order valence-corrected chi connectivity index (χ2v) is 11.5. The number of rotatable bonds is 3. The van der Waals surface area contributed by atoms with Crippen molar-refractivity contribution in [2.75, 3.05) is 0 Å². The third-order valence-corrected chi connectivity index (χ3v) is 9.13. The molecule has 0 saturated carbocycles. The smallest absolute Gasteiger partial charge is 0.154 e. The van der Waals surface area contributed by atoms with Gasteiger partial charge in [0.15, 0.2) is 6.17 Å². The Balaban J connectivity index is 1.31. The molecule has 0 fully saturated rings. The monoisotopic (exact) mass is 582 g/mol. The Hall–Kier alpha value is -6.01. The van der Waals surface area contributed by atoms with Gasteiger partial charge < -0.3 is 4.42 Å². The molecule has 0 aliphatic heterocycles. The van der Waals surface area contributed by atoms with Crippen molar-refractivity contribution in [1.82, 2.24) is 18.9 Å². The van der Waals surface area contributed by atoms with Gasteiger partial charge in [-0.25, -0.2) is 14.4 Å². The summed E-state index contributed by atoms with van der Waals surface area (Å²) in [4.78, 5) is 9.37. The fraction of sp³-hybridized carbons (Fsp3) is 0.0256. The topological polar surface area (TPSA) is 48.3 Å². The minimum Gasteiger partial charge on any atom is -0.456 e. The summed E-state index contributed by atoms with van der Waals surface area (Å²) in [5.74, 6) is 0.775. The standard InChI is InChI=1S/C39H23FN4O/c40-37(23-16-17-24-25-9-1-4-12-30(25)43-20-19-42-39(43)28(24)21-23)29-22-32-35(36-27-11-3-6-14-33(27)45-38(29)36)26-10-2-5-13-31(26)44(32)34-15-7-8-18-41-34/h1-22,37H. The predicted molar refractivity (Wildman–Crippen MR) is 179 cm³/mol. The van der Waals surface area contributed by atoms with Crippen LogP contribution in [0.4, 0.5) is 4.39 Å². The van der Waals surface area contributed by atoms with E-state index in [1.807, 2.05) is 91.1 Å². The van der Waals surface area contributed by atoms with Gasteiger partial charge in [-0.3, -0.25) is 8.97 Å². The molecule has 5 nitrogen and oxygen atoms in total. The Labute approximate surface area is 255 Å². The van der Waals surface area contributed by atoms with Crippen LogP contribution in [0.25, 0.3) is 76.9 Å². The molecule has 0 N–H and O–H groups in total. The van der Waals surface area contributed by atoms with Crippen LogP contribution in [-0.4, -0.2) is 18.9 Å². The maximum Gasteiger partial charge on any atom is 0.154 e. The minimum absolute atomic E-state index is 0.480. The minimum atomic E-state index is -1.46.